The fourth-order valence-electron chi connectivity index (χ4n) is 2.24. The van der Waals surface area contributed by atoms with E-state index in [4.69, 9.17) is 5.11 Å². The molecule has 2 heterocycles. The Balaban J connectivity index is 2.60. The molecule has 1 N–H and O–H groups in total. The van der Waals surface area contributed by atoms with E-state index in [0.717, 1.165) is 23.4 Å². The lowest BCUT2D eigenvalue weighted by molar-refractivity contribution is 0.0685. The van der Waals surface area contributed by atoms with Gasteiger partial charge in [-0.05, 0) is 25.5 Å². The summed E-state index contributed by atoms with van der Waals surface area (Å²) in [6.45, 7) is 4.61. The van der Waals surface area contributed by atoms with Crippen LogP contribution >= 0.6 is 0 Å². The minimum absolute atomic E-state index is 0.318. The Hall–Kier alpha value is -2.04. The number of carbonyl (C=O) groups is 1. The third-order valence-electron chi connectivity index (χ3n) is 3.03. The second-order valence-corrected chi connectivity index (χ2v) is 4.17. The fourth-order valence-corrected chi connectivity index (χ4v) is 2.24. The molecule has 0 amide bonds. The van der Waals surface area contributed by atoms with Crippen LogP contribution in [0.15, 0.2) is 18.3 Å². The molecule has 0 aliphatic heterocycles. The summed E-state index contributed by atoms with van der Waals surface area (Å²) in [4.78, 5) is 11.1. The van der Waals surface area contributed by atoms with E-state index in [9.17, 15) is 4.79 Å². The minimum Gasteiger partial charge on any atom is -0.477 e. The van der Waals surface area contributed by atoms with Crippen molar-refractivity contribution in [2.24, 2.45) is 7.05 Å². The molecule has 0 saturated carbocycles. The highest BCUT2D eigenvalue weighted by molar-refractivity contribution is 5.87. The van der Waals surface area contributed by atoms with Gasteiger partial charge in [0.2, 0.25) is 0 Å². The molecule has 0 fully saturated rings. The van der Waals surface area contributed by atoms with Crippen LogP contribution in [0.2, 0.25) is 0 Å². The second-order valence-electron chi connectivity index (χ2n) is 4.17. The van der Waals surface area contributed by atoms with Crippen LogP contribution in [0.1, 0.15) is 30.0 Å². The van der Waals surface area contributed by atoms with Crippen molar-refractivity contribution in [3.63, 3.8) is 0 Å². The molecule has 0 atom stereocenters. The SMILES string of the molecule is CCc1nn(C)cc1-c1ccc(C(=O)O)n1CC. The van der Waals surface area contributed by atoms with Crippen LogP contribution in [0.25, 0.3) is 11.3 Å². The molecule has 0 saturated heterocycles. The number of nitrogens with zero attached hydrogens (tertiary/aromatic N) is 3. The molecule has 0 aliphatic carbocycles. The summed E-state index contributed by atoms with van der Waals surface area (Å²) in [7, 11) is 1.87. The molecule has 0 aromatic carbocycles. The van der Waals surface area contributed by atoms with Gasteiger partial charge in [0.15, 0.2) is 0 Å². The molecule has 0 aliphatic rings. The largest absolute Gasteiger partial charge is 0.477 e. The van der Waals surface area contributed by atoms with Gasteiger partial charge in [-0.3, -0.25) is 4.68 Å². The first-order valence-corrected chi connectivity index (χ1v) is 6.04. The topological polar surface area (TPSA) is 60.1 Å². The number of hydrogen-bond acceptors (Lipinski definition) is 2. The van der Waals surface area contributed by atoms with Crippen molar-refractivity contribution in [2.45, 2.75) is 26.8 Å². The maximum Gasteiger partial charge on any atom is 0.352 e. The summed E-state index contributed by atoms with van der Waals surface area (Å²) in [5.41, 5.74) is 3.23. The highest BCUT2D eigenvalue weighted by Gasteiger charge is 2.17. The number of carboxylic acid groups (broad SMARTS) is 1. The number of hydrogen-bond donors (Lipinski definition) is 1. The molecule has 0 unspecified atom stereocenters. The standard InChI is InChI=1S/C13H17N3O2/c1-4-10-9(8-15(3)14-10)11-6-7-12(13(17)18)16(11)5-2/h6-8H,4-5H2,1-3H3,(H,17,18). The first-order valence-electron chi connectivity index (χ1n) is 6.04. The summed E-state index contributed by atoms with van der Waals surface area (Å²) >= 11 is 0. The van der Waals surface area contributed by atoms with Gasteiger partial charge in [-0.1, -0.05) is 6.92 Å². The highest BCUT2D eigenvalue weighted by atomic mass is 16.4. The van der Waals surface area contributed by atoms with Gasteiger partial charge in [0, 0.05) is 25.4 Å². The Kier molecular flexibility index (Phi) is 3.23. The van der Waals surface area contributed by atoms with E-state index in [0.29, 0.717) is 12.2 Å². The maximum absolute atomic E-state index is 11.1. The molecular formula is C13H17N3O2. The van der Waals surface area contributed by atoms with E-state index in [-0.39, 0.29) is 0 Å². The molecule has 2 aromatic rings. The number of aromatic nitrogens is 3. The lowest BCUT2D eigenvalue weighted by Crippen LogP contribution is -2.08. The minimum atomic E-state index is -0.898. The van der Waals surface area contributed by atoms with Gasteiger partial charge >= 0.3 is 5.97 Å². The van der Waals surface area contributed by atoms with Gasteiger partial charge < -0.3 is 9.67 Å². The third kappa shape index (κ3) is 1.92. The third-order valence-corrected chi connectivity index (χ3v) is 3.03. The van der Waals surface area contributed by atoms with Crippen molar-refractivity contribution in [1.82, 2.24) is 14.3 Å². The van der Waals surface area contributed by atoms with Crippen molar-refractivity contribution < 1.29 is 9.90 Å². The van der Waals surface area contributed by atoms with Crippen LogP contribution in [0.3, 0.4) is 0 Å². The van der Waals surface area contributed by atoms with Crippen molar-refractivity contribution in [1.29, 1.82) is 0 Å². The molecule has 2 aromatic heterocycles. The molecule has 2 rings (SSSR count). The van der Waals surface area contributed by atoms with Crippen LogP contribution in [0.5, 0.6) is 0 Å². The van der Waals surface area contributed by atoms with Crippen LogP contribution in [-0.2, 0) is 20.0 Å². The van der Waals surface area contributed by atoms with Gasteiger partial charge in [-0.15, -0.1) is 0 Å². The Bertz CT molecular complexity index is 581. The normalized spacial score (nSPS) is 10.8. The zero-order valence-electron chi connectivity index (χ0n) is 10.8. The predicted molar refractivity (Wildman–Crippen MR) is 68.6 cm³/mol. The molecule has 5 heteroatoms. The van der Waals surface area contributed by atoms with E-state index in [1.54, 1.807) is 15.3 Å². The Labute approximate surface area is 106 Å². The number of rotatable bonds is 4. The van der Waals surface area contributed by atoms with Gasteiger partial charge in [0.1, 0.15) is 5.69 Å². The fraction of sp³-hybridized carbons (Fsp3) is 0.385. The summed E-state index contributed by atoms with van der Waals surface area (Å²) in [5, 5.41) is 13.5. The first-order chi connectivity index (χ1) is 8.58. The van der Waals surface area contributed by atoms with Crippen molar-refractivity contribution in [3.05, 3.63) is 29.7 Å². The number of carboxylic acids is 1. The Morgan fingerprint density at radius 3 is 2.67 bits per heavy atom. The molecule has 18 heavy (non-hydrogen) atoms. The summed E-state index contributed by atoms with van der Waals surface area (Å²) in [5.74, 6) is -0.898. The lowest BCUT2D eigenvalue weighted by atomic mass is 10.1. The van der Waals surface area contributed by atoms with Gasteiger partial charge in [-0.2, -0.15) is 5.10 Å². The average Bonchev–Trinajstić information content (AvgIpc) is 2.90. The molecular weight excluding hydrogens is 230 g/mol. The quantitative estimate of drug-likeness (QED) is 0.900. The van der Waals surface area contributed by atoms with E-state index in [2.05, 4.69) is 5.10 Å². The van der Waals surface area contributed by atoms with Crippen LogP contribution in [0, 0.1) is 0 Å². The van der Waals surface area contributed by atoms with E-state index < -0.39 is 5.97 Å². The maximum atomic E-state index is 11.1. The van der Waals surface area contributed by atoms with Gasteiger partial charge in [0.25, 0.3) is 0 Å². The Morgan fingerprint density at radius 2 is 2.11 bits per heavy atom. The summed E-state index contributed by atoms with van der Waals surface area (Å²) in [6, 6.07) is 3.50. The zero-order valence-corrected chi connectivity index (χ0v) is 10.8. The molecule has 5 nitrogen and oxygen atoms in total. The zero-order chi connectivity index (χ0) is 13.3. The molecule has 96 valence electrons. The smallest absolute Gasteiger partial charge is 0.352 e. The number of aryl methyl sites for hydroxylation is 2. The predicted octanol–water partition coefficient (Wildman–Crippen LogP) is 2.17. The van der Waals surface area contributed by atoms with Crippen LogP contribution < -0.4 is 0 Å². The van der Waals surface area contributed by atoms with Gasteiger partial charge in [-0.25, -0.2) is 4.79 Å². The first kappa shape index (κ1) is 12.4. The van der Waals surface area contributed by atoms with E-state index in [1.807, 2.05) is 33.2 Å². The van der Waals surface area contributed by atoms with Gasteiger partial charge in [0.05, 0.1) is 11.4 Å². The van der Waals surface area contributed by atoms with Crippen molar-refractivity contribution >= 4 is 5.97 Å². The van der Waals surface area contributed by atoms with E-state index >= 15 is 0 Å². The second kappa shape index (κ2) is 4.68. The van der Waals surface area contributed by atoms with Crippen molar-refractivity contribution in [2.75, 3.05) is 0 Å². The molecule has 0 radical (unpaired) electrons. The van der Waals surface area contributed by atoms with E-state index in [1.165, 1.54) is 0 Å². The highest BCUT2D eigenvalue weighted by Crippen LogP contribution is 2.26. The summed E-state index contributed by atoms with van der Waals surface area (Å²) in [6.07, 6.45) is 2.76. The van der Waals surface area contributed by atoms with Crippen LogP contribution in [-0.4, -0.2) is 25.4 Å². The van der Waals surface area contributed by atoms with Crippen molar-refractivity contribution in [3.8, 4) is 11.3 Å². The Morgan fingerprint density at radius 1 is 1.39 bits per heavy atom. The average molecular weight is 247 g/mol. The molecule has 0 spiro atoms. The summed E-state index contributed by atoms with van der Waals surface area (Å²) < 4.78 is 3.57. The monoisotopic (exact) mass is 247 g/mol. The lowest BCUT2D eigenvalue weighted by Gasteiger charge is -2.08. The number of aromatic carboxylic acids is 1. The van der Waals surface area contributed by atoms with Crippen LogP contribution in [0.4, 0.5) is 0 Å². The molecule has 0 bridgehead atoms.